The summed E-state index contributed by atoms with van der Waals surface area (Å²) in [5.41, 5.74) is 1.25. The summed E-state index contributed by atoms with van der Waals surface area (Å²) < 4.78 is 25.6. The number of carbonyl (C=O) groups is 1. The van der Waals surface area contributed by atoms with Gasteiger partial charge in [0.1, 0.15) is 0 Å². The van der Waals surface area contributed by atoms with Crippen LogP contribution in [-0.2, 0) is 10.0 Å². The van der Waals surface area contributed by atoms with E-state index in [1.54, 1.807) is 0 Å². The monoisotopic (exact) mass is 416 g/mol. The topological polar surface area (TPSA) is 92.3 Å². The summed E-state index contributed by atoms with van der Waals surface area (Å²) in [6, 6.07) is 13.4. The van der Waals surface area contributed by atoms with Crippen LogP contribution in [0.25, 0.3) is 11.4 Å². The first kappa shape index (κ1) is 19.9. The second-order valence-electron chi connectivity index (χ2n) is 6.04. The second-order valence-corrected chi connectivity index (χ2v) is 8.60. The molecule has 7 nitrogen and oxygen atoms in total. The summed E-state index contributed by atoms with van der Waals surface area (Å²) in [5.74, 6) is -0.0347. The number of hydrogen-bond acceptors (Lipinski definition) is 5. The van der Waals surface area contributed by atoms with Crippen LogP contribution in [0.4, 0.5) is 5.69 Å². The molecule has 0 spiro atoms. The van der Waals surface area contributed by atoms with Crippen molar-refractivity contribution >= 4 is 33.2 Å². The quantitative estimate of drug-likeness (QED) is 0.688. The predicted molar refractivity (Wildman–Crippen MR) is 108 cm³/mol. The average Bonchev–Trinajstić information content (AvgIpc) is 2.69. The molecule has 0 unspecified atom stereocenters. The molecule has 0 aliphatic carbocycles. The summed E-state index contributed by atoms with van der Waals surface area (Å²) in [6.07, 6.45) is 2.95. The first-order valence-corrected chi connectivity index (χ1v) is 10.0. The Labute approximate surface area is 168 Å². The van der Waals surface area contributed by atoms with Gasteiger partial charge in [0, 0.05) is 19.7 Å². The number of amides is 1. The third-order valence-electron chi connectivity index (χ3n) is 3.90. The lowest BCUT2D eigenvalue weighted by Crippen LogP contribution is -2.23. The Balaban J connectivity index is 1.83. The van der Waals surface area contributed by atoms with Gasteiger partial charge in [0.05, 0.1) is 33.6 Å². The molecule has 1 heterocycles. The van der Waals surface area contributed by atoms with E-state index < -0.39 is 15.9 Å². The molecule has 0 aliphatic heterocycles. The van der Waals surface area contributed by atoms with Crippen LogP contribution in [0.2, 0.25) is 5.02 Å². The van der Waals surface area contributed by atoms with E-state index in [4.69, 9.17) is 11.6 Å². The van der Waals surface area contributed by atoms with E-state index in [0.29, 0.717) is 11.5 Å². The number of rotatable bonds is 5. The van der Waals surface area contributed by atoms with Gasteiger partial charge in [0.2, 0.25) is 10.0 Å². The second kappa shape index (κ2) is 8.05. The highest BCUT2D eigenvalue weighted by Gasteiger charge is 2.21. The molecule has 0 saturated carbocycles. The lowest BCUT2D eigenvalue weighted by atomic mass is 10.2. The largest absolute Gasteiger partial charge is 0.319 e. The van der Waals surface area contributed by atoms with E-state index in [9.17, 15) is 13.2 Å². The van der Waals surface area contributed by atoms with Crippen LogP contribution in [0.1, 0.15) is 10.4 Å². The molecule has 3 aromatic rings. The SMILES string of the molecule is CN(C)S(=O)(=O)c1ccc(Cl)c(C(=O)Nc2cnc(-c3ccccc3)nc2)c1. The number of benzene rings is 2. The molecular formula is C19H17ClN4O3S. The predicted octanol–water partition coefficient (Wildman–Crippen LogP) is 3.30. The van der Waals surface area contributed by atoms with Crippen LogP contribution in [0, 0.1) is 0 Å². The van der Waals surface area contributed by atoms with Gasteiger partial charge in [-0.15, -0.1) is 0 Å². The van der Waals surface area contributed by atoms with Crippen molar-refractivity contribution in [1.82, 2.24) is 14.3 Å². The Morgan fingerprint density at radius 1 is 1.04 bits per heavy atom. The molecule has 0 bridgehead atoms. The van der Waals surface area contributed by atoms with Gasteiger partial charge >= 0.3 is 0 Å². The zero-order valence-electron chi connectivity index (χ0n) is 15.1. The van der Waals surface area contributed by atoms with E-state index in [2.05, 4.69) is 15.3 Å². The molecule has 0 aliphatic rings. The van der Waals surface area contributed by atoms with Crippen LogP contribution >= 0.6 is 11.6 Å². The summed E-state index contributed by atoms with van der Waals surface area (Å²) in [6.45, 7) is 0. The third-order valence-corrected chi connectivity index (χ3v) is 6.04. The molecular weight excluding hydrogens is 400 g/mol. The Bertz CT molecular complexity index is 1100. The zero-order chi connectivity index (χ0) is 20.3. The van der Waals surface area contributed by atoms with Crippen LogP contribution in [-0.4, -0.2) is 42.7 Å². The standard InChI is InChI=1S/C19H17ClN4O3S/c1-24(2)28(26,27)15-8-9-17(20)16(10-15)19(25)23-14-11-21-18(22-12-14)13-6-4-3-5-7-13/h3-12H,1-2H3,(H,23,25). The number of sulfonamides is 1. The van der Waals surface area contributed by atoms with Gasteiger partial charge in [-0.3, -0.25) is 4.79 Å². The van der Waals surface area contributed by atoms with Crippen molar-refractivity contribution in [1.29, 1.82) is 0 Å². The summed E-state index contributed by atoms with van der Waals surface area (Å²) in [7, 11) is -0.865. The molecule has 1 amide bonds. The van der Waals surface area contributed by atoms with Crippen LogP contribution in [0.15, 0.2) is 65.8 Å². The minimum atomic E-state index is -3.69. The average molecular weight is 417 g/mol. The molecule has 3 rings (SSSR count). The summed E-state index contributed by atoms with van der Waals surface area (Å²) >= 11 is 6.09. The van der Waals surface area contributed by atoms with Gasteiger partial charge < -0.3 is 5.32 Å². The van der Waals surface area contributed by atoms with Gasteiger partial charge in [0.25, 0.3) is 5.91 Å². The first-order chi connectivity index (χ1) is 13.3. The van der Waals surface area contributed by atoms with Crippen LogP contribution in [0.3, 0.4) is 0 Å². The molecule has 28 heavy (non-hydrogen) atoms. The minimum Gasteiger partial charge on any atom is -0.319 e. The molecule has 0 fully saturated rings. The van der Waals surface area contributed by atoms with Crippen molar-refractivity contribution < 1.29 is 13.2 Å². The zero-order valence-corrected chi connectivity index (χ0v) is 16.7. The lowest BCUT2D eigenvalue weighted by Gasteiger charge is -2.13. The number of hydrogen-bond donors (Lipinski definition) is 1. The fourth-order valence-electron chi connectivity index (χ4n) is 2.38. The molecule has 0 radical (unpaired) electrons. The van der Waals surface area contributed by atoms with Gasteiger partial charge in [-0.2, -0.15) is 0 Å². The molecule has 1 N–H and O–H groups in total. The fourth-order valence-corrected chi connectivity index (χ4v) is 3.51. The van der Waals surface area contributed by atoms with Crippen molar-refractivity contribution in [2.75, 3.05) is 19.4 Å². The van der Waals surface area contributed by atoms with E-state index in [0.717, 1.165) is 9.87 Å². The summed E-state index contributed by atoms with van der Waals surface area (Å²) in [4.78, 5) is 21.0. The van der Waals surface area contributed by atoms with Gasteiger partial charge in [-0.25, -0.2) is 22.7 Å². The molecule has 9 heteroatoms. The molecule has 0 atom stereocenters. The minimum absolute atomic E-state index is 0.0253. The molecule has 144 valence electrons. The number of nitrogens with one attached hydrogen (secondary N) is 1. The van der Waals surface area contributed by atoms with E-state index >= 15 is 0 Å². The Hall–Kier alpha value is -2.81. The highest BCUT2D eigenvalue weighted by Crippen LogP contribution is 2.23. The molecule has 1 aromatic heterocycles. The maximum Gasteiger partial charge on any atom is 0.257 e. The number of anilines is 1. The van der Waals surface area contributed by atoms with E-state index in [-0.39, 0.29) is 15.5 Å². The Morgan fingerprint density at radius 3 is 2.29 bits per heavy atom. The van der Waals surface area contributed by atoms with Crippen molar-refractivity contribution in [3.8, 4) is 11.4 Å². The number of aromatic nitrogens is 2. The van der Waals surface area contributed by atoms with Gasteiger partial charge in [-0.05, 0) is 18.2 Å². The van der Waals surface area contributed by atoms with E-state index in [1.165, 1.54) is 44.7 Å². The highest BCUT2D eigenvalue weighted by molar-refractivity contribution is 7.89. The molecule has 2 aromatic carbocycles. The lowest BCUT2D eigenvalue weighted by molar-refractivity contribution is 0.102. The first-order valence-electron chi connectivity index (χ1n) is 8.20. The van der Waals surface area contributed by atoms with Crippen LogP contribution in [0.5, 0.6) is 0 Å². The normalized spacial score (nSPS) is 11.4. The van der Waals surface area contributed by atoms with Crippen molar-refractivity contribution in [3.05, 3.63) is 71.5 Å². The maximum atomic E-state index is 12.6. The van der Waals surface area contributed by atoms with E-state index in [1.807, 2.05) is 30.3 Å². The van der Waals surface area contributed by atoms with Crippen molar-refractivity contribution in [3.63, 3.8) is 0 Å². The van der Waals surface area contributed by atoms with Gasteiger partial charge in [-0.1, -0.05) is 41.9 Å². The van der Waals surface area contributed by atoms with Gasteiger partial charge in [0.15, 0.2) is 5.82 Å². The number of carbonyl (C=O) groups excluding carboxylic acids is 1. The van der Waals surface area contributed by atoms with Crippen LogP contribution < -0.4 is 5.32 Å². The Morgan fingerprint density at radius 2 is 1.68 bits per heavy atom. The summed E-state index contributed by atoms with van der Waals surface area (Å²) in [5, 5.41) is 2.76. The number of nitrogens with zero attached hydrogens (tertiary/aromatic N) is 3. The van der Waals surface area contributed by atoms with Crippen molar-refractivity contribution in [2.45, 2.75) is 4.90 Å². The third kappa shape index (κ3) is 4.19. The fraction of sp³-hybridized carbons (Fsp3) is 0.105. The maximum absolute atomic E-state index is 12.6. The Kier molecular flexibility index (Phi) is 5.73. The smallest absolute Gasteiger partial charge is 0.257 e. The number of halogens is 1. The molecule has 0 saturated heterocycles. The highest BCUT2D eigenvalue weighted by atomic mass is 35.5. The van der Waals surface area contributed by atoms with Crippen molar-refractivity contribution in [2.24, 2.45) is 0 Å².